The molecule has 0 saturated heterocycles. The number of rotatable bonds is 2. The number of hydrogen-bond donors (Lipinski definition) is 1. The number of thioether (sulfide) groups is 1. The van der Waals surface area contributed by atoms with Crippen molar-refractivity contribution in [1.29, 1.82) is 0 Å². The highest BCUT2D eigenvalue weighted by Gasteiger charge is 2.31. The van der Waals surface area contributed by atoms with Crippen molar-refractivity contribution in [2.75, 3.05) is 28.8 Å². The van der Waals surface area contributed by atoms with Crippen LogP contribution in [0.2, 0.25) is 0 Å². The van der Waals surface area contributed by atoms with E-state index in [0.29, 0.717) is 28.8 Å². The van der Waals surface area contributed by atoms with Gasteiger partial charge in [-0.05, 0) is 30.9 Å². The van der Waals surface area contributed by atoms with E-state index in [-0.39, 0.29) is 11.7 Å². The third-order valence-electron chi connectivity index (χ3n) is 3.77. The van der Waals surface area contributed by atoms with Crippen LogP contribution >= 0.6 is 11.8 Å². The van der Waals surface area contributed by atoms with Gasteiger partial charge in [-0.15, -0.1) is 0 Å². The Labute approximate surface area is 137 Å². The number of carbonyl (C=O) groups is 1. The fourth-order valence-corrected chi connectivity index (χ4v) is 2.88. The Balaban J connectivity index is 2.06. The lowest BCUT2D eigenvalue weighted by atomic mass is 10.1. The summed E-state index contributed by atoms with van der Waals surface area (Å²) >= 11 is 1.42. The molecule has 120 valence electrons. The van der Waals surface area contributed by atoms with E-state index in [9.17, 15) is 9.18 Å². The molecule has 3 rings (SSSR count). The van der Waals surface area contributed by atoms with Crippen molar-refractivity contribution in [3.8, 4) is 0 Å². The molecule has 2 N–H and O–H groups in total. The predicted octanol–water partition coefficient (Wildman–Crippen LogP) is 2.80. The Kier molecular flexibility index (Phi) is 3.85. The van der Waals surface area contributed by atoms with Crippen molar-refractivity contribution in [3.63, 3.8) is 0 Å². The normalized spacial score (nSPS) is 14.2. The molecule has 1 aliphatic heterocycles. The molecule has 2 heterocycles. The van der Waals surface area contributed by atoms with Gasteiger partial charge < -0.3 is 5.73 Å². The van der Waals surface area contributed by atoms with Crippen molar-refractivity contribution < 1.29 is 9.18 Å². The number of carbonyl (C=O) groups excluding carboxylic acids is 1. The van der Waals surface area contributed by atoms with Crippen LogP contribution in [0.4, 0.5) is 26.4 Å². The van der Waals surface area contributed by atoms with Crippen LogP contribution in [0.5, 0.6) is 0 Å². The number of hydrogen-bond acceptors (Lipinski definition) is 5. The Morgan fingerprint density at radius 2 is 2.13 bits per heavy atom. The average Bonchev–Trinajstić information content (AvgIpc) is 2.54. The van der Waals surface area contributed by atoms with Crippen LogP contribution in [-0.2, 0) is 6.54 Å². The minimum Gasteiger partial charge on any atom is -0.396 e. The van der Waals surface area contributed by atoms with E-state index in [1.165, 1.54) is 28.8 Å². The number of anilines is 3. The highest BCUT2D eigenvalue weighted by atomic mass is 32.2. The van der Waals surface area contributed by atoms with Crippen molar-refractivity contribution >= 4 is 35.0 Å². The van der Waals surface area contributed by atoms with Crippen molar-refractivity contribution in [2.24, 2.45) is 0 Å². The lowest BCUT2D eigenvalue weighted by Crippen LogP contribution is -2.46. The molecule has 2 amide bonds. The second kappa shape index (κ2) is 5.69. The Morgan fingerprint density at radius 1 is 1.39 bits per heavy atom. The molecule has 1 aliphatic rings. The quantitative estimate of drug-likeness (QED) is 0.519. The first-order chi connectivity index (χ1) is 10.9. The molecular formula is C15H16FN5OS. The summed E-state index contributed by atoms with van der Waals surface area (Å²) in [6.07, 6.45) is 3.59. The number of nitrogens with two attached hydrogens (primary N) is 1. The van der Waals surface area contributed by atoms with E-state index in [2.05, 4.69) is 9.97 Å². The van der Waals surface area contributed by atoms with Gasteiger partial charge in [-0.25, -0.2) is 19.2 Å². The molecule has 0 spiro atoms. The number of halogens is 1. The van der Waals surface area contributed by atoms with Crippen LogP contribution in [-0.4, -0.2) is 29.3 Å². The summed E-state index contributed by atoms with van der Waals surface area (Å²) in [6, 6.07) is 2.58. The SMILES string of the molecule is CSc1ncc2c(n1)N(C)C(=O)N(c1cc(N)c(F)cc1C)C2. The summed E-state index contributed by atoms with van der Waals surface area (Å²) in [5.74, 6) is 0.107. The van der Waals surface area contributed by atoms with Crippen molar-refractivity contribution in [1.82, 2.24) is 9.97 Å². The van der Waals surface area contributed by atoms with Gasteiger partial charge in [0, 0.05) is 18.8 Å². The monoisotopic (exact) mass is 333 g/mol. The molecule has 23 heavy (non-hydrogen) atoms. The van der Waals surface area contributed by atoms with Gasteiger partial charge in [0.2, 0.25) is 0 Å². The summed E-state index contributed by atoms with van der Waals surface area (Å²) in [6.45, 7) is 2.06. The highest BCUT2D eigenvalue weighted by molar-refractivity contribution is 7.98. The number of urea groups is 1. The molecule has 8 heteroatoms. The fraction of sp³-hybridized carbons (Fsp3) is 0.267. The van der Waals surface area contributed by atoms with E-state index < -0.39 is 5.82 Å². The standard InChI is InChI=1S/C15H16FN5OS/c1-8-4-10(16)11(17)5-12(8)21-7-9-6-18-14(23-3)19-13(9)20(2)15(21)22/h4-6H,7,17H2,1-3H3. The van der Waals surface area contributed by atoms with Gasteiger partial charge >= 0.3 is 6.03 Å². The van der Waals surface area contributed by atoms with E-state index in [4.69, 9.17) is 5.73 Å². The number of benzene rings is 1. The first-order valence-corrected chi connectivity index (χ1v) is 8.15. The summed E-state index contributed by atoms with van der Waals surface area (Å²) in [7, 11) is 1.66. The maximum atomic E-state index is 13.6. The Bertz CT molecular complexity index is 798. The second-order valence-electron chi connectivity index (χ2n) is 5.29. The van der Waals surface area contributed by atoms with Gasteiger partial charge in [0.05, 0.1) is 17.9 Å². The Hall–Kier alpha value is -2.35. The molecule has 0 aliphatic carbocycles. The van der Waals surface area contributed by atoms with Crippen molar-refractivity contribution in [3.05, 3.63) is 35.3 Å². The minimum atomic E-state index is -0.489. The molecule has 0 atom stereocenters. The zero-order valence-electron chi connectivity index (χ0n) is 13.0. The van der Waals surface area contributed by atoms with Gasteiger partial charge in [0.25, 0.3) is 0 Å². The lowest BCUT2D eigenvalue weighted by molar-refractivity contribution is 0.251. The topological polar surface area (TPSA) is 75.4 Å². The Morgan fingerprint density at radius 3 is 2.83 bits per heavy atom. The molecular weight excluding hydrogens is 317 g/mol. The number of fused-ring (bicyclic) bond motifs is 1. The van der Waals surface area contributed by atoms with Crippen LogP contribution in [0.3, 0.4) is 0 Å². The van der Waals surface area contributed by atoms with Crippen LogP contribution in [0.1, 0.15) is 11.1 Å². The molecule has 0 fully saturated rings. The maximum Gasteiger partial charge on any atom is 0.330 e. The number of nitrogens with zero attached hydrogens (tertiary/aromatic N) is 4. The number of aryl methyl sites for hydroxylation is 1. The molecule has 6 nitrogen and oxygen atoms in total. The van der Waals surface area contributed by atoms with Crippen LogP contribution < -0.4 is 15.5 Å². The van der Waals surface area contributed by atoms with Gasteiger partial charge in [-0.3, -0.25) is 9.80 Å². The third-order valence-corrected chi connectivity index (χ3v) is 4.33. The number of aromatic nitrogens is 2. The first-order valence-electron chi connectivity index (χ1n) is 6.93. The smallest absolute Gasteiger partial charge is 0.330 e. The summed E-state index contributed by atoms with van der Waals surface area (Å²) < 4.78 is 13.6. The molecule has 0 saturated carbocycles. The zero-order valence-corrected chi connectivity index (χ0v) is 13.8. The van der Waals surface area contributed by atoms with E-state index in [0.717, 1.165) is 5.56 Å². The van der Waals surface area contributed by atoms with Crippen LogP contribution in [0.25, 0.3) is 0 Å². The summed E-state index contributed by atoms with van der Waals surface area (Å²) in [5, 5.41) is 0.610. The largest absolute Gasteiger partial charge is 0.396 e. The van der Waals surface area contributed by atoms with E-state index >= 15 is 0 Å². The zero-order chi connectivity index (χ0) is 16.7. The average molecular weight is 333 g/mol. The fourth-order valence-electron chi connectivity index (χ4n) is 2.55. The molecule has 1 aromatic carbocycles. The van der Waals surface area contributed by atoms with Gasteiger partial charge in [0.1, 0.15) is 11.6 Å². The third kappa shape index (κ3) is 2.59. The van der Waals surface area contributed by atoms with Crippen molar-refractivity contribution in [2.45, 2.75) is 18.6 Å². The number of amides is 2. The molecule has 0 radical (unpaired) electrons. The lowest BCUT2D eigenvalue weighted by Gasteiger charge is -2.34. The minimum absolute atomic E-state index is 0.0147. The van der Waals surface area contributed by atoms with E-state index in [1.807, 2.05) is 6.26 Å². The van der Waals surface area contributed by atoms with Gasteiger partial charge in [-0.1, -0.05) is 11.8 Å². The molecule has 1 aromatic heterocycles. The highest BCUT2D eigenvalue weighted by Crippen LogP contribution is 2.33. The van der Waals surface area contributed by atoms with Crippen LogP contribution in [0.15, 0.2) is 23.5 Å². The predicted molar refractivity (Wildman–Crippen MR) is 89.3 cm³/mol. The summed E-state index contributed by atoms with van der Waals surface area (Å²) in [4.78, 5) is 24.4. The first kappa shape index (κ1) is 15.5. The van der Waals surface area contributed by atoms with Crippen LogP contribution in [0, 0.1) is 12.7 Å². The molecule has 0 unspecified atom stereocenters. The maximum absolute atomic E-state index is 13.6. The van der Waals surface area contributed by atoms with Gasteiger partial charge in [-0.2, -0.15) is 0 Å². The number of nitrogen functional groups attached to an aromatic ring is 1. The van der Waals surface area contributed by atoms with E-state index in [1.54, 1.807) is 25.1 Å². The van der Waals surface area contributed by atoms with Gasteiger partial charge in [0.15, 0.2) is 5.16 Å². The second-order valence-corrected chi connectivity index (χ2v) is 6.07. The molecule has 2 aromatic rings. The summed E-state index contributed by atoms with van der Waals surface area (Å²) in [5.41, 5.74) is 7.72. The molecule has 0 bridgehead atoms.